The van der Waals surface area contributed by atoms with Crippen LogP contribution in [0.15, 0.2) is 48.8 Å². The van der Waals surface area contributed by atoms with Gasteiger partial charge in [-0.2, -0.15) is 0 Å². The van der Waals surface area contributed by atoms with Gasteiger partial charge in [-0.1, -0.05) is 17.3 Å². The SMILES string of the molecule is COc1cccc2c(O)cc3c(c12)C(CCl)CN3C(=O)c1cc2cc(NC(=O)c3cn(C(C)(C)COC(C)(C)C)nn3)ncc2[nH]1. The number of nitrogens with zero attached hydrogens (tertiary/aromatic N) is 5. The van der Waals surface area contributed by atoms with E-state index in [1.807, 2.05) is 52.8 Å². The highest BCUT2D eigenvalue weighted by atomic mass is 35.5. The summed E-state index contributed by atoms with van der Waals surface area (Å²) in [6.45, 7) is 10.6. The fraction of sp³-hybridized carbons (Fsp3) is 0.364. The van der Waals surface area contributed by atoms with E-state index in [-0.39, 0.29) is 40.6 Å². The zero-order valence-electron chi connectivity index (χ0n) is 26.5. The Morgan fingerprint density at radius 1 is 1.17 bits per heavy atom. The molecule has 13 heteroatoms. The molecule has 2 aromatic carbocycles. The van der Waals surface area contributed by atoms with Gasteiger partial charge in [0.15, 0.2) is 5.69 Å². The second-order valence-electron chi connectivity index (χ2n) is 13.0. The molecular weight excluding hydrogens is 610 g/mol. The first-order valence-electron chi connectivity index (χ1n) is 14.9. The fourth-order valence-corrected chi connectivity index (χ4v) is 5.89. The summed E-state index contributed by atoms with van der Waals surface area (Å²) in [4.78, 5) is 36.0. The second kappa shape index (κ2) is 11.6. The maximum absolute atomic E-state index is 13.9. The maximum Gasteiger partial charge on any atom is 0.278 e. The lowest BCUT2D eigenvalue weighted by molar-refractivity contribution is -0.0420. The Kier molecular flexibility index (Phi) is 7.89. The average molecular weight is 646 g/mol. The van der Waals surface area contributed by atoms with Crippen LogP contribution < -0.4 is 15.0 Å². The molecule has 0 radical (unpaired) electrons. The van der Waals surface area contributed by atoms with Gasteiger partial charge >= 0.3 is 0 Å². The molecule has 6 rings (SSSR count). The molecule has 3 aromatic heterocycles. The van der Waals surface area contributed by atoms with Gasteiger partial charge in [-0.3, -0.25) is 9.59 Å². The normalized spacial score (nSPS) is 15.0. The third kappa shape index (κ3) is 5.74. The molecule has 2 amide bonds. The number of carbonyl (C=O) groups excluding carboxylic acids is 2. The third-order valence-electron chi connectivity index (χ3n) is 8.06. The Hall–Kier alpha value is -4.68. The summed E-state index contributed by atoms with van der Waals surface area (Å²) in [5, 5.41) is 23.9. The van der Waals surface area contributed by atoms with Crippen molar-refractivity contribution in [3.8, 4) is 11.5 Å². The van der Waals surface area contributed by atoms with Gasteiger partial charge in [0.25, 0.3) is 11.8 Å². The van der Waals surface area contributed by atoms with Crippen molar-refractivity contribution in [2.75, 3.05) is 36.4 Å². The number of hydrogen-bond donors (Lipinski definition) is 3. The average Bonchev–Trinajstić information content (AvgIpc) is 3.76. The number of aromatic nitrogens is 5. The third-order valence-corrected chi connectivity index (χ3v) is 8.43. The lowest BCUT2D eigenvalue weighted by Gasteiger charge is -2.29. The number of benzene rings is 2. The topological polar surface area (TPSA) is 147 Å². The maximum atomic E-state index is 13.9. The zero-order valence-corrected chi connectivity index (χ0v) is 27.3. The van der Waals surface area contributed by atoms with E-state index in [0.717, 1.165) is 10.9 Å². The number of carbonyl (C=O) groups is 2. The molecule has 0 saturated heterocycles. The summed E-state index contributed by atoms with van der Waals surface area (Å²) in [5.74, 6) is 0.286. The number of phenols is 1. The molecule has 0 aliphatic carbocycles. The molecule has 0 spiro atoms. The monoisotopic (exact) mass is 645 g/mol. The smallest absolute Gasteiger partial charge is 0.278 e. The molecule has 0 saturated carbocycles. The minimum absolute atomic E-state index is 0.0451. The number of alkyl halides is 1. The quantitative estimate of drug-likeness (QED) is 0.179. The molecule has 0 bridgehead atoms. The molecule has 1 atom stereocenters. The van der Waals surface area contributed by atoms with Crippen molar-refractivity contribution >= 4 is 56.6 Å². The van der Waals surface area contributed by atoms with E-state index in [4.69, 9.17) is 21.1 Å². The number of H-pyrrole nitrogens is 1. The van der Waals surface area contributed by atoms with Crippen molar-refractivity contribution in [3.05, 3.63) is 65.7 Å². The van der Waals surface area contributed by atoms with E-state index in [1.54, 1.807) is 47.3 Å². The fourth-order valence-electron chi connectivity index (χ4n) is 5.63. The summed E-state index contributed by atoms with van der Waals surface area (Å²) in [6.07, 6.45) is 3.13. The highest BCUT2D eigenvalue weighted by Crippen LogP contribution is 2.48. The van der Waals surface area contributed by atoms with Crippen molar-refractivity contribution in [3.63, 3.8) is 0 Å². The summed E-state index contributed by atoms with van der Waals surface area (Å²) in [6, 6.07) is 10.4. The van der Waals surface area contributed by atoms with Gasteiger partial charge in [0.05, 0.1) is 48.5 Å². The van der Waals surface area contributed by atoms with Crippen LogP contribution in [0.2, 0.25) is 0 Å². The number of fused-ring (bicyclic) bond motifs is 4. The van der Waals surface area contributed by atoms with Crippen LogP contribution in [0.5, 0.6) is 11.5 Å². The Balaban J connectivity index is 1.23. The summed E-state index contributed by atoms with van der Waals surface area (Å²) < 4.78 is 13.1. The van der Waals surface area contributed by atoms with Crippen LogP contribution in [0.25, 0.3) is 21.7 Å². The van der Waals surface area contributed by atoms with Gasteiger partial charge in [-0.05, 0) is 58.4 Å². The lowest BCUT2D eigenvalue weighted by Crippen LogP contribution is -2.36. The first-order valence-corrected chi connectivity index (χ1v) is 15.4. The van der Waals surface area contributed by atoms with Crippen LogP contribution in [0.1, 0.15) is 67.1 Å². The summed E-state index contributed by atoms with van der Waals surface area (Å²) in [7, 11) is 1.57. The number of halogens is 1. The minimum Gasteiger partial charge on any atom is -0.507 e. The first kappa shape index (κ1) is 31.3. The van der Waals surface area contributed by atoms with E-state index in [2.05, 4.69) is 25.6 Å². The van der Waals surface area contributed by atoms with Gasteiger partial charge in [0, 0.05) is 40.6 Å². The molecule has 3 N–H and O–H groups in total. The van der Waals surface area contributed by atoms with Gasteiger partial charge in [0.2, 0.25) is 0 Å². The van der Waals surface area contributed by atoms with Crippen LogP contribution >= 0.6 is 11.6 Å². The van der Waals surface area contributed by atoms with Crippen LogP contribution in [-0.4, -0.2) is 73.6 Å². The number of aromatic amines is 1. The van der Waals surface area contributed by atoms with Crippen LogP contribution in [-0.2, 0) is 10.3 Å². The minimum atomic E-state index is -0.526. The number of ether oxygens (including phenoxy) is 2. The molecule has 4 heterocycles. The molecule has 46 heavy (non-hydrogen) atoms. The molecule has 12 nitrogen and oxygen atoms in total. The van der Waals surface area contributed by atoms with Gasteiger partial charge in [-0.15, -0.1) is 16.7 Å². The van der Waals surface area contributed by atoms with E-state index < -0.39 is 11.4 Å². The Bertz CT molecular complexity index is 1980. The van der Waals surface area contributed by atoms with Crippen molar-refractivity contribution < 1.29 is 24.2 Å². The van der Waals surface area contributed by atoms with E-state index in [1.165, 1.54) is 0 Å². The highest BCUT2D eigenvalue weighted by Gasteiger charge is 2.36. The number of aromatic hydroxyl groups is 1. The van der Waals surface area contributed by atoms with Gasteiger partial charge < -0.3 is 29.8 Å². The van der Waals surface area contributed by atoms with E-state index in [9.17, 15) is 14.7 Å². The number of rotatable bonds is 8. The predicted molar refractivity (Wildman–Crippen MR) is 176 cm³/mol. The van der Waals surface area contributed by atoms with Crippen molar-refractivity contribution in [2.45, 2.75) is 51.7 Å². The summed E-state index contributed by atoms with van der Waals surface area (Å²) in [5.41, 5.74) is 1.66. The molecule has 5 aromatic rings. The Morgan fingerprint density at radius 2 is 1.96 bits per heavy atom. The first-order chi connectivity index (χ1) is 21.8. The number of hydrogen-bond acceptors (Lipinski definition) is 8. The molecule has 1 unspecified atom stereocenters. The highest BCUT2D eigenvalue weighted by molar-refractivity contribution is 6.19. The number of nitrogens with one attached hydrogen (secondary N) is 2. The van der Waals surface area contributed by atoms with E-state index >= 15 is 0 Å². The number of pyridine rings is 1. The van der Waals surface area contributed by atoms with Gasteiger partial charge in [-0.25, -0.2) is 9.67 Å². The standard InChI is InChI=1S/C33H36ClN7O5/c1-32(2,3)46-17-33(4,5)41-16-23(38-39-41)30(43)37-27-11-18-10-21(36-22(18)14-35-27)31(44)40-15-19(13-34)28-24(40)12-25(42)20-8-7-9-26(45-6)29(20)28/h7-12,14,16,19,36,42H,13,15,17H2,1-6H3,(H,35,37,43). The van der Waals surface area contributed by atoms with Gasteiger partial charge in [0.1, 0.15) is 23.0 Å². The second-order valence-corrected chi connectivity index (χ2v) is 13.3. The molecule has 1 aliphatic heterocycles. The lowest BCUT2D eigenvalue weighted by atomic mass is 9.94. The Morgan fingerprint density at radius 3 is 2.67 bits per heavy atom. The van der Waals surface area contributed by atoms with Crippen LogP contribution in [0, 0.1) is 0 Å². The number of phenolic OH excluding ortho intramolecular Hbond substituents is 1. The van der Waals surface area contributed by atoms with Crippen LogP contribution in [0.3, 0.4) is 0 Å². The number of methoxy groups -OCH3 is 1. The van der Waals surface area contributed by atoms with Crippen molar-refractivity contribution in [1.82, 2.24) is 25.0 Å². The molecule has 1 aliphatic rings. The molecular formula is C33H36ClN7O5. The largest absolute Gasteiger partial charge is 0.507 e. The van der Waals surface area contributed by atoms with E-state index in [0.29, 0.717) is 46.6 Å². The Labute approximate surface area is 270 Å². The number of anilines is 2. The van der Waals surface area contributed by atoms with Crippen molar-refractivity contribution in [2.24, 2.45) is 0 Å². The zero-order chi connectivity index (χ0) is 33.0. The predicted octanol–water partition coefficient (Wildman–Crippen LogP) is 5.81. The summed E-state index contributed by atoms with van der Waals surface area (Å²) >= 11 is 6.40. The van der Waals surface area contributed by atoms with Crippen molar-refractivity contribution in [1.29, 1.82) is 0 Å². The van der Waals surface area contributed by atoms with Crippen LogP contribution in [0.4, 0.5) is 11.5 Å². The molecule has 240 valence electrons. The number of amides is 2. The molecule has 0 fully saturated rings.